The first kappa shape index (κ1) is 18.1. The van der Waals surface area contributed by atoms with Crippen molar-refractivity contribution in [1.82, 2.24) is 0 Å². The van der Waals surface area contributed by atoms with E-state index in [1.807, 2.05) is 0 Å². The van der Waals surface area contributed by atoms with Crippen molar-refractivity contribution in [2.24, 2.45) is 5.73 Å². The molecule has 1 rings (SSSR count). The summed E-state index contributed by atoms with van der Waals surface area (Å²) in [5, 5.41) is 36.7. The Morgan fingerprint density at radius 2 is 1.86 bits per heavy atom. The van der Waals surface area contributed by atoms with Gasteiger partial charge in [0, 0.05) is 6.16 Å². The number of phenols is 1. The Labute approximate surface area is 125 Å². The predicted molar refractivity (Wildman–Crippen MR) is 74.9 cm³/mol. The summed E-state index contributed by atoms with van der Waals surface area (Å²) in [6.45, 7) is 0. The number of benzene rings is 1. The molecule has 0 aliphatic rings. The van der Waals surface area contributed by atoms with Gasteiger partial charge in [0.25, 0.3) is 0 Å². The Morgan fingerprint density at radius 3 is 2.36 bits per heavy atom. The van der Waals surface area contributed by atoms with Gasteiger partial charge >= 0.3 is 11.9 Å². The van der Waals surface area contributed by atoms with E-state index in [9.17, 15) is 29.3 Å². The second-order valence-electron chi connectivity index (χ2n) is 4.67. The van der Waals surface area contributed by atoms with Gasteiger partial charge in [-0.3, -0.25) is 9.36 Å². The van der Waals surface area contributed by atoms with Crippen molar-refractivity contribution in [2.45, 2.75) is 18.3 Å². The molecule has 0 aromatic heterocycles. The predicted octanol–water partition coefficient (Wildman–Crippen LogP) is 0.154. The highest BCUT2D eigenvalue weighted by Crippen LogP contribution is 2.54. The molecule has 0 spiro atoms. The molecule has 2 unspecified atom stereocenters. The molecular formula is C12H16NO8P. The maximum absolute atomic E-state index is 12.1. The van der Waals surface area contributed by atoms with Crippen LogP contribution in [0.4, 0.5) is 0 Å². The summed E-state index contributed by atoms with van der Waals surface area (Å²) in [4.78, 5) is 31.3. The average molecular weight is 333 g/mol. The quantitative estimate of drug-likeness (QED) is 0.379. The third-order valence-corrected chi connectivity index (χ3v) is 4.97. The van der Waals surface area contributed by atoms with Crippen LogP contribution < -0.4 is 5.73 Å². The number of nitrogens with two attached hydrogens (primary N) is 1. The van der Waals surface area contributed by atoms with Gasteiger partial charge in [-0.1, -0.05) is 6.07 Å². The van der Waals surface area contributed by atoms with Crippen LogP contribution in [0.1, 0.15) is 28.2 Å². The number of carboxylic acids is 2. The Balaban J connectivity index is 2.96. The smallest absolute Gasteiger partial charge is 0.339 e. The standard InChI is InChI=1S/C12H16NO8P/c13-8(11(17)18)3-4-22(20,21)12(19)6-1-2-9(14)7(5-6)10(15)16/h1-2,5,8,12,14,19H,3-4,13H2,(H,15,16)(H,17,18)(H,20,21)/t8-,12?/m0/s1. The molecule has 7 N–H and O–H groups in total. The maximum Gasteiger partial charge on any atom is 0.339 e. The Kier molecular flexibility index (Phi) is 5.67. The summed E-state index contributed by atoms with van der Waals surface area (Å²) in [6, 6.07) is 1.61. The Morgan fingerprint density at radius 1 is 1.27 bits per heavy atom. The lowest BCUT2D eigenvalue weighted by molar-refractivity contribution is -0.138. The van der Waals surface area contributed by atoms with Gasteiger partial charge in [-0.05, 0) is 24.1 Å². The van der Waals surface area contributed by atoms with E-state index in [0.29, 0.717) is 0 Å². The van der Waals surface area contributed by atoms with Crippen molar-refractivity contribution in [1.29, 1.82) is 0 Å². The van der Waals surface area contributed by atoms with E-state index in [0.717, 1.165) is 18.2 Å². The zero-order chi connectivity index (χ0) is 17.1. The van der Waals surface area contributed by atoms with Crippen LogP contribution in [0.3, 0.4) is 0 Å². The molecule has 0 radical (unpaired) electrons. The largest absolute Gasteiger partial charge is 0.507 e. The first-order valence-electron chi connectivity index (χ1n) is 6.10. The highest BCUT2D eigenvalue weighted by molar-refractivity contribution is 7.58. The third kappa shape index (κ3) is 4.28. The van der Waals surface area contributed by atoms with Crippen LogP contribution >= 0.6 is 7.37 Å². The number of aromatic carboxylic acids is 1. The fourth-order valence-corrected chi connectivity index (χ4v) is 3.21. The van der Waals surface area contributed by atoms with Gasteiger partial charge in [-0.2, -0.15) is 0 Å². The number of hydrogen-bond acceptors (Lipinski definition) is 6. The minimum absolute atomic E-state index is 0.176. The highest BCUT2D eigenvalue weighted by Gasteiger charge is 2.32. The van der Waals surface area contributed by atoms with Gasteiger partial charge in [0.05, 0.1) is 0 Å². The fraction of sp³-hybridized carbons (Fsp3) is 0.333. The number of aliphatic carboxylic acids is 1. The SMILES string of the molecule is N[C@@H](CCP(=O)(O)C(O)c1ccc(O)c(C(=O)O)c1)C(=O)O. The lowest BCUT2D eigenvalue weighted by atomic mass is 10.1. The van der Waals surface area contributed by atoms with Crippen molar-refractivity contribution in [3.63, 3.8) is 0 Å². The molecule has 9 nitrogen and oxygen atoms in total. The van der Waals surface area contributed by atoms with E-state index < -0.39 is 48.7 Å². The highest BCUT2D eigenvalue weighted by atomic mass is 31.2. The van der Waals surface area contributed by atoms with Crippen LogP contribution in [-0.4, -0.2) is 49.5 Å². The van der Waals surface area contributed by atoms with E-state index in [2.05, 4.69) is 0 Å². The van der Waals surface area contributed by atoms with Gasteiger partial charge < -0.3 is 31.1 Å². The number of hydrogen-bond donors (Lipinski definition) is 6. The molecule has 1 aromatic carbocycles. The number of carbonyl (C=O) groups is 2. The topological polar surface area (TPSA) is 178 Å². The first-order chi connectivity index (χ1) is 10.1. The van der Waals surface area contributed by atoms with Crippen LogP contribution in [0.2, 0.25) is 0 Å². The van der Waals surface area contributed by atoms with Crippen LogP contribution in [0.15, 0.2) is 18.2 Å². The molecule has 0 aliphatic carbocycles. The summed E-state index contributed by atoms with van der Waals surface area (Å²) in [5.74, 6) is -5.27. The van der Waals surface area contributed by atoms with Crippen molar-refractivity contribution in [3.05, 3.63) is 29.3 Å². The number of rotatable bonds is 7. The number of aromatic hydroxyl groups is 1. The summed E-state index contributed by atoms with van der Waals surface area (Å²) < 4.78 is 12.1. The van der Waals surface area contributed by atoms with Gasteiger partial charge in [0.1, 0.15) is 17.4 Å². The zero-order valence-corrected chi connectivity index (χ0v) is 12.2. The van der Waals surface area contributed by atoms with Crippen LogP contribution in [0.5, 0.6) is 5.75 Å². The lowest BCUT2D eigenvalue weighted by Crippen LogP contribution is -2.31. The minimum atomic E-state index is -4.23. The molecule has 122 valence electrons. The zero-order valence-electron chi connectivity index (χ0n) is 11.3. The second-order valence-corrected chi connectivity index (χ2v) is 7.12. The van der Waals surface area contributed by atoms with Crippen molar-refractivity contribution >= 4 is 19.3 Å². The summed E-state index contributed by atoms with van der Waals surface area (Å²) in [5.41, 5.74) is 4.52. The van der Waals surface area contributed by atoms with E-state index in [4.69, 9.17) is 15.9 Å². The van der Waals surface area contributed by atoms with Gasteiger partial charge in [0.2, 0.25) is 7.37 Å². The molecule has 0 saturated heterocycles. The second kappa shape index (κ2) is 6.89. The summed E-state index contributed by atoms with van der Waals surface area (Å²) in [6.07, 6.45) is -0.880. The van der Waals surface area contributed by atoms with E-state index >= 15 is 0 Å². The number of carboxylic acid groups (broad SMARTS) is 2. The minimum Gasteiger partial charge on any atom is -0.507 e. The number of aliphatic hydroxyl groups is 1. The van der Waals surface area contributed by atoms with Gasteiger partial charge in [-0.25, -0.2) is 4.79 Å². The maximum atomic E-state index is 12.1. The normalized spacial score (nSPS) is 16.5. The molecule has 3 atom stereocenters. The summed E-state index contributed by atoms with van der Waals surface area (Å²) >= 11 is 0. The monoisotopic (exact) mass is 333 g/mol. The lowest BCUT2D eigenvalue weighted by Gasteiger charge is -2.20. The fourth-order valence-electron chi connectivity index (χ4n) is 1.69. The molecule has 0 fully saturated rings. The van der Waals surface area contributed by atoms with Crippen molar-refractivity contribution < 1.29 is 39.5 Å². The molecular weight excluding hydrogens is 317 g/mol. The van der Waals surface area contributed by atoms with Crippen molar-refractivity contribution in [3.8, 4) is 5.75 Å². The third-order valence-electron chi connectivity index (χ3n) is 3.01. The number of aliphatic hydroxyl groups excluding tert-OH is 1. The van der Waals surface area contributed by atoms with Crippen LogP contribution in [0, 0.1) is 0 Å². The van der Waals surface area contributed by atoms with E-state index in [-0.39, 0.29) is 12.0 Å². The van der Waals surface area contributed by atoms with Crippen LogP contribution in [0.25, 0.3) is 0 Å². The molecule has 0 aliphatic heterocycles. The molecule has 22 heavy (non-hydrogen) atoms. The van der Waals surface area contributed by atoms with E-state index in [1.54, 1.807) is 0 Å². The van der Waals surface area contributed by atoms with Gasteiger partial charge in [-0.15, -0.1) is 0 Å². The molecule has 0 heterocycles. The average Bonchev–Trinajstić information content (AvgIpc) is 2.44. The molecule has 1 aromatic rings. The first-order valence-corrected chi connectivity index (χ1v) is 8.02. The van der Waals surface area contributed by atoms with E-state index in [1.165, 1.54) is 0 Å². The molecule has 0 amide bonds. The molecule has 0 saturated carbocycles. The Hall–Kier alpha value is -1.93. The molecule has 0 bridgehead atoms. The Bertz CT molecular complexity index is 632. The van der Waals surface area contributed by atoms with Crippen molar-refractivity contribution in [2.75, 3.05) is 6.16 Å². The molecule has 10 heteroatoms. The summed E-state index contributed by atoms with van der Waals surface area (Å²) in [7, 11) is -4.23. The van der Waals surface area contributed by atoms with Crippen LogP contribution in [-0.2, 0) is 9.36 Å². The van der Waals surface area contributed by atoms with Gasteiger partial charge in [0.15, 0.2) is 5.85 Å².